The summed E-state index contributed by atoms with van der Waals surface area (Å²) in [6.07, 6.45) is 0. The van der Waals surface area contributed by atoms with Gasteiger partial charge in [-0.05, 0) is 61.4 Å². The summed E-state index contributed by atoms with van der Waals surface area (Å²) in [5.74, 6) is 0.923. The van der Waals surface area contributed by atoms with E-state index in [2.05, 4.69) is 37.9 Å². The number of nitrogens with zero attached hydrogens (tertiary/aromatic N) is 1. The highest BCUT2D eigenvalue weighted by atomic mass is 16.5. The number of anilines is 3. The molecule has 0 heterocycles. The van der Waals surface area contributed by atoms with Crippen molar-refractivity contribution >= 4 is 17.1 Å². The highest BCUT2D eigenvalue weighted by Crippen LogP contribution is 2.32. The highest BCUT2D eigenvalue weighted by molar-refractivity contribution is 5.69. The lowest BCUT2D eigenvalue weighted by atomic mass is 10.1. The van der Waals surface area contributed by atoms with E-state index in [9.17, 15) is 0 Å². The molecule has 0 fully saturated rings. The Morgan fingerprint density at radius 3 is 2.21 bits per heavy atom. The summed E-state index contributed by atoms with van der Waals surface area (Å²) in [5.41, 5.74) is 11.1. The lowest BCUT2D eigenvalue weighted by Crippen LogP contribution is -2.11. The van der Waals surface area contributed by atoms with Gasteiger partial charge in [0.05, 0.1) is 7.11 Å². The van der Waals surface area contributed by atoms with E-state index in [1.807, 2.05) is 24.3 Å². The van der Waals surface area contributed by atoms with E-state index in [4.69, 9.17) is 10.5 Å². The van der Waals surface area contributed by atoms with Crippen LogP contribution in [0.15, 0.2) is 36.4 Å². The summed E-state index contributed by atoms with van der Waals surface area (Å²) in [7, 11) is 3.75. The summed E-state index contributed by atoms with van der Waals surface area (Å²) >= 11 is 0. The third-order valence-corrected chi connectivity index (χ3v) is 3.36. The number of nitrogens with two attached hydrogens (primary N) is 1. The molecule has 0 radical (unpaired) electrons. The van der Waals surface area contributed by atoms with E-state index in [0.717, 1.165) is 22.7 Å². The zero-order chi connectivity index (χ0) is 14.0. The zero-order valence-electron chi connectivity index (χ0n) is 11.9. The Kier molecular flexibility index (Phi) is 3.65. The van der Waals surface area contributed by atoms with Gasteiger partial charge in [0, 0.05) is 24.1 Å². The molecule has 0 aliphatic rings. The smallest absolute Gasteiger partial charge is 0.122 e. The van der Waals surface area contributed by atoms with Crippen LogP contribution in [0.4, 0.5) is 17.1 Å². The van der Waals surface area contributed by atoms with Gasteiger partial charge >= 0.3 is 0 Å². The van der Waals surface area contributed by atoms with Crippen molar-refractivity contribution in [2.75, 3.05) is 24.8 Å². The molecule has 0 saturated heterocycles. The molecule has 0 amide bonds. The first-order valence-electron chi connectivity index (χ1n) is 6.27. The Morgan fingerprint density at radius 2 is 1.63 bits per heavy atom. The van der Waals surface area contributed by atoms with Gasteiger partial charge in [-0.15, -0.1) is 0 Å². The van der Waals surface area contributed by atoms with Crippen LogP contribution in [0.1, 0.15) is 11.1 Å². The Bertz CT molecular complexity index is 576. The Hall–Kier alpha value is -2.16. The van der Waals surface area contributed by atoms with Crippen LogP contribution in [0.5, 0.6) is 5.75 Å². The van der Waals surface area contributed by atoms with E-state index in [0.29, 0.717) is 0 Å². The fourth-order valence-electron chi connectivity index (χ4n) is 2.19. The van der Waals surface area contributed by atoms with Crippen molar-refractivity contribution in [3.63, 3.8) is 0 Å². The van der Waals surface area contributed by atoms with Crippen LogP contribution in [0.3, 0.4) is 0 Å². The van der Waals surface area contributed by atoms with Gasteiger partial charge < -0.3 is 15.4 Å². The molecule has 0 aliphatic carbocycles. The Morgan fingerprint density at radius 1 is 1.00 bits per heavy atom. The minimum absolute atomic E-state index is 0.778. The van der Waals surface area contributed by atoms with Crippen LogP contribution in [0, 0.1) is 13.8 Å². The molecule has 0 bridgehead atoms. The fourth-order valence-corrected chi connectivity index (χ4v) is 2.19. The molecule has 2 aromatic rings. The molecule has 19 heavy (non-hydrogen) atoms. The lowest BCUT2D eigenvalue weighted by molar-refractivity contribution is 0.411. The Labute approximate surface area is 114 Å². The predicted octanol–water partition coefficient (Wildman–Crippen LogP) is 3.66. The van der Waals surface area contributed by atoms with Crippen molar-refractivity contribution in [1.82, 2.24) is 0 Å². The number of ether oxygens (including phenoxy) is 1. The number of hydrogen-bond donors (Lipinski definition) is 1. The molecule has 3 nitrogen and oxygen atoms in total. The van der Waals surface area contributed by atoms with E-state index < -0.39 is 0 Å². The molecule has 3 heteroatoms. The molecule has 0 atom stereocenters. The maximum Gasteiger partial charge on any atom is 0.122 e. The number of benzene rings is 2. The van der Waals surface area contributed by atoms with Gasteiger partial charge in [-0.1, -0.05) is 0 Å². The molecule has 2 N–H and O–H groups in total. The maximum absolute atomic E-state index is 5.72. The number of methoxy groups -OCH3 is 1. The monoisotopic (exact) mass is 256 g/mol. The van der Waals surface area contributed by atoms with Gasteiger partial charge in [-0.2, -0.15) is 0 Å². The molecule has 0 spiro atoms. The van der Waals surface area contributed by atoms with Crippen molar-refractivity contribution in [2.24, 2.45) is 0 Å². The highest BCUT2D eigenvalue weighted by Gasteiger charge is 2.10. The third kappa shape index (κ3) is 2.65. The first kappa shape index (κ1) is 13.3. The van der Waals surface area contributed by atoms with Crippen LogP contribution < -0.4 is 15.4 Å². The van der Waals surface area contributed by atoms with Crippen molar-refractivity contribution in [2.45, 2.75) is 13.8 Å². The van der Waals surface area contributed by atoms with Crippen LogP contribution in [-0.4, -0.2) is 14.2 Å². The second-order valence-corrected chi connectivity index (χ2v) is 4.76. The SMILES string of the molecule is COc1cc(C)c(N(C)c2ccc(N)cc2)cc1C. The molecule has 100 valence electrons. The Balaban J connectivity index is 2.41. The second kappa shape index (κ2) is 5.22. The fraction of sp³-hybridized carbons (Fsp3) is 0.250. The molecule has 2 aromatic carbocycles. The predicted molar refractivity (Wildman–Crippen MR) is 81.4 cm³/mol. The first-order valence-corrected chi connectivity index (χ1v) is 6.27. The first-order chi connectivity index (χ1) is 9.02. The molecular weight excluding hydrogens is 236 g/mol. The summed E-state index contributed by atoms with van der Waals surface area (Å²) < 4.78 is 5.35. The normalized spacial score (nSPS) is 10.3. The van der Waals surface area contributed by atoms with Crippen LogP contribution >= 0.6 is 0 Å². The molecule has 0 saturated carbocycles. The van der Waals surface area contributed by atoms with Crippen molar-refractivity contribution in [3.05, 3.63) is 47.5 Å². The van der Waals surface area contributed by atoms with E-state index >= 15 is 0 Å². The molecule has 0 unspecified atom stereocenters. The largest absolute Gasteiger partial charge is 0.496 e. The lowest BCUT2D eigenvalue weighted by Gasteiger charge is -2.23. The summed E-state index contributed by atoms with van der Waals surface area (Å²) in [5, 5.41) is 0. The van der Waals surface area contributed by atoms with Crippen LogP contribution in [0.25, 0.3) is 0 Å². The quantitative estimate of drug-likeness (QED) is 0.852. The maximum atomic E-state index is 5.72. The summed E-state index contributed by atoms with van der Waals surface area (Å²) in [6.45, 7) is 4.14. The van der Waals surface area contributed by atoms with Crippen LogP contribution in [-0.2, 0) is 0 Å². The number of nitrogen functional groups attached to an aromatic ring is 1. The molecule has 2 rings (SSSR count). The van der Waals surface area contributed by atoms with Gasteiger partial charge in [0.1, 0.15) is 5.75 Å². The van der Waals surface area contributed by atoms with E-state index in [-0.39, 0.29) is 0 Å². The summed E-state index contributed by atoms with van der Waals surface area (Å²) in [6, 6.07) is 12.1. The van der Waals surface area contributed by atoms with Gasteiger partial charge in [-0.3, -0.25) is 0 Å². The average Bonchev–Trinajstić information content (AvgIpc) is 2.41. The van der Waals surface area contributed by atoms with Crippen molar-refractivity contribution < 1.29 is 4.74 Å². The molecule has 0 aromatic heterocycles. The average molecular weight is 256 g/mol. The van der Waals surface area contributed by atoms with Gasteiger partial charge in [0.25, 0.3) is 0 Å². The van der Waals surface area contributed by atoms with Gasteiger partial charge in [0.2, 0.25) is 0 Å². The molecular formula is C16H20N2O. The number of aryl methyl sites for hydroxylation is 2. The standard InChI is InChI=1S/C16H20N2O/c1-11-10-16(19-4)12(2)9-15(11)18(3)14-7-5-13(17)6-8-14/h5-10H,17H2,1-4H3. The van der Waals surface area contributed by atoms with Gasteiger partial charge in [0.15, 0.2) is 0 Å². The van der Waals surface area contributed by atoms with Crippen molar-refractivity contribution in [3.8, 4) is 5.75 Å². The second-order valence-electron chi connectivity index (χ2n) is 4.76. The minimum atomic E-state index is 0.778. The number of rotatable bonds is 3. The number of hydrogen-bond acceptors (Lipinski definition) is 3. The molecule has 0 aliphatic heterocycles. The minimum Gasteiger partial charge on any atom is -0.496 e. The van der Waals surface area contributed by atoms with Crippen molar-refractivity contribution in [1.29, 1.82) is 0 Å². The van der Waals surface area contributed by atoms with E-state index in [1.54, 1.807) is 7.11 Å². The van der Waals surface area contributed by atoms with Gasteiger partial charge in [-0.25, -0.2) is 0 Å². The summed E-state index contributed by atoms with van der Waals surface area (Å²) in [4.78, 5) is 2.15. The van der Waals surface area contributed by atoms with E-state index in [1.165, 1.54) is 11.3 Å². The topological polar surface area (TPSA) is 38.5 Å². The third-order valence-electron chi connectivity index (χ3n) is 3.36. The van der Waals surface area contributed by atoms with Crippen LogP contribution in [0.2, 0.25) is 0 Å². The zero-order valence-corrected chi connectivity index (χ0v) is 11.9.